The van der Waals surface area contributed by atoms with Crippen LogP contribution in [-0.2, 0) is 9.59 Å². The van der Waals surface area contributed by atoms with Crippen LogP contribution >= 0.6 is 0 Å². The minimum atomic E-state index is -1.12. The number of nitrogens with zero attached hydrogens (tertiary/aromatic N) is 1. The first kappa shape index (κ1) is 11.3. The van der Waals surface area contributed by atoms with Crippen molar-refractivity contribution in [1.29, 1.82) is 0 Å². The van der Waals surface area contributed by atoms with E-state index in [1.165, 1.54) is 6.42 Å². The van der Waals surface area contributed by atoms with Gasteiger partial charge in [0.05, 0.1) is 0 Å². The van der Waals surface area contributed by atoms with Gasteiger partial charge in [0.25, 0.3) is 5.91 Å². The Kier molecular flexibility index (Phi) is 3.39. The van der Waals surface area contributed by atoms with Crippen LogP contribution in [0, 0.1) is 0 Å². The zero-order valence-corrected chi connectivity index (χ0v) is 9.37. The van der Waals surface area contributed by atoms with Gasteiger partial charge in [0.15, 0.2) is 5.54 Å². The Morgan fingerprint density at radius 1 is 1.25 bits per heavy atom. The number of amides is 1. The summed E-state index contributed by atoms with van der Waals surface area (Å²) in [6.07, 6.45) is 9.39. The molecular weight excluding hydrogens is 204 g/mol. The van der Waals surface area contributed by atoms with Gasteiger partial charge in [-0.05, 0) is 19.3 Å². The second-order valence-electron chi connectivity index (χ2n) is 4.42. The molecule has 0 bridgehead atoms. The van der Waals surface area contributed by atoms with E-state index < -0.39 is 5.54 Å². The first-order valence-corrected chi connectivity index (χ1v) is 5.87. The number of piperidine rings is 1. The van der Waals surface area contributed by atoms with Crippen LogP contribution < -0.4 is 5.32 Å². The predicted octanol–water partition coefficient (Wildman–Crippen LogP) is 0.397. The summed E-state index contributed by atoms with van der Waals surface area (Å²) < 4.78 is 0. The van der Waals surface area contributed by atoms with Gasteiger partial charge >= 0.3 is 0 Å². The van der Waals surface area contributed by atoms with E-state index in [-0.39, 0.29) is 5.91 Å². The monoisotopic (exact) mass is 221 g/mol. The van der Waals surface area contributed by atoms with E-state index in [1.807, 2.05) is 18.4 Å². The summed E-state index contributed by atoms with van der Waals surface area (Å²) in [4.78, 5) is 25.2. The zero-order chi connectivity index (χ0) is 11.4. The van der Waals surface area contributed by atoms with Gasteiger partial charge in [0, 0.05) is 26.1 Å². The molecule has 0 aromatic carbocycles. The Morgan fingerprint density at radius 3 is 2.56 bits per heavy atom. The number of nitrogens with one attached hydrogen (secondary N) is 1. The Bertz CT molecular complexity index is 308. The molecule has 1 fully saturated rings. The SMILES string of the molecule is O=[C]C1(C(=O)N2CCCCC2)CC=CCN1. The summed E-state index contributed by atoms with van der Waals surface area (Å²) in [7, 11) is 0. The maximum absolute atomic E-state index is 12.3. The van der Waals surface area contributed by atoms with E-state index in [0.29, 0.717) is 13.0 Å². The highest BCUT2D eigenvalue weighted by molar-refractivity contribution is 6.02. The molecule has 4 heteroatoms. The molecule has 2 aliphatic rings. The molecule has 1 unspecified atom stereocenters. The summed E-state index contributed by atoms with van der Waals surface area (Å²) >= 11 is 0. The van der Waals surface area contributed by atoms with Crippen molar-refractivity contribution in [2.75, 3.05) is 19.6 Å². The smallest absolute Gasteiger partial charge is 0.251 e. The Hall–Kier alpha value is -1.16. The standard InChI is InChI=1S/C12H17N2O2/c15-10-12(6-2-3-7-13-12)11(16)14-8-4-1-5-9-14/h2-3,13H,1,4-9H2. The average Bonchev–Trinajstić information content (AvgIpc) is 2.39. The Labute approximate surface area is 95.7 Å². The van der Waals surface area contributed by atoms with Crippen LogP contribution in [0.5, 0.6) is 0 Å². The summed E-state index contributed by atoms with van der Waals surface area (Å²) in [5.41, 5.74) is -1.12. The molecule has 1 radical (unpaired) electrons. The minimum absolute atomic E-state index is 0.105. The van der Waals surface area contributed by atoms with Crippen molar-refractivity contribution >= 4 is 12.2 Å². The molecule has 1 atom stereocenters. The molecule has 0 aromatic rings. The average molecular weight is 221 g/mol. The van der Waals surface area contributed by atoms with Gasteiger partial charge in [-0.3, -0.25) is 14.9 Å². The summed E-state index contributed by atoms with van der Waals surface area (Å²) in [5.74, 6) is -0.105. The molecule has 0 spiro atoms. The predicted molar refractivity (Wildman–Crippen MR) is 60.6 cm³/mol. The third-order valence-electron chi connectivity index (χ3n) is 3.29. The van der Waals surface area contributed by atoms with E-state index in [0.717, 1.165) is 25.9 Å². The van der Waals surface area contributed by atoms with Crippen molar-refractivity contribution in [2.24, 2.45) is 0 Å². The lowest BCUT2D eigenvalue weighted by Gasteiger charge is -2.36. The van der Waals surface area contributed by atoms with Crippen LogP contribution in [0.15, 0.2) is 12.2 Å². The maximum atomic E-state index is 12.3. The Morgan fingerprint density at radius 2 is 2.00 bits per heavy atom. The van der Waals surface area contributed by atoms with Crippen molar-refractivity contribution in [3.63, 3.8) is 0 Å². The van der Waals surface area contributed by atoms with Crippen LogP contribution in [0.2, 0.25) is 0 Å². The molecule has 2 aliphatic heterocycles. The van der Waals surface area contributed by atoms with E-state index in [1.54, 1.807) is 4.90 Å². The van der Waals surface area contributed by atoms with Gasteiger partial charge in [-0.2, -0.15) is 0 Å². The molecule has 1 amide bonds. The van der Waals surface area contributed by atoms with Crippen LogP contribution in [0.25, 0.3) is 0 Å². The van der Waals surface area contributed by atoms with Gasteiger partial charge in [-0.25, -0.2) is 0 Å². The molecule has 0 saturated carbocycles. The molecule has 0 aliphatic carbocycles. The van der Waals surface area contributed by atoms with Crippen molar-refractivity contribution in [2.45, 2.75) is 31.2 Å². The Balaban J connectivity index is 2.10. The fraction of sp³-hybridized carbons (Fsp3) is 0.667. The molecule has 4 nitrogen and oxygen atoms in total. The van der Waals surface area contributed by atoms with Crippen LogP contribution in [0.1, 0.15) is 25.7 Å². The lowest BCUT2D eigenvalue weighted by molar-refractivity contribution is -0.136. The highest BCUT2D eigenvalue weighted by Gasteiger charge is 2.42. The third-order valence-corrected chi connectivity index (χ3v) is 3.29. The molecule has 2 rings (SSSR count). The van der Waals surface area contributed by atoms with Gasteiger partial charge in [0.2, 0.25) is 6.29 Å². The highest BCUT2D eigenvalue weighted by Crippen LogP contribution is 2.19. The molecule has 1 saturated heterocycles. The molecule has 16 heavy (non-hydrogen) atoms. The fourth-order valence-corrected chi connectivity index (χ4v) is 2.30. The third kappa shape index (κ3) is 2.02. The second kappa shape index (κ2) is 4.78. The molecule has 87 valence electrons. The largest absolute Gasteiger partial charge is 0.341 e. The number of rotatable bonds is 2. The van der Waals surface area contributed by atoms with E-state index in [4.69, 9.17) is 0 Å². The number of carbonyl (C=O) groups excluding carboxylic acids is 2. The topological polar surface area (TPSA) is 49.4 Å². The highest BCUT2D eigenvalue weighted by atomic mass is 16.2. The summed E-state index contributed by atoms with van der Waals surface area (Å²) in [6.45, 7) is 2.11. The van der Waals surface area contributed by atoms with Gasteiger partial charge < -0.3 is 4.90 Å². The lowest BCUT2D eigenvalue weighted by Crippen LogP contribution is -2.60. The molecule has 0 aromatic heterocycles. The molecular formula is C12H17N2O2. The first-order chi connectivity index (χ1) is 7.78. The van der Waals surface area contributed by atoms with Gasteiger partial charge in [-0.1, -0.05) is 12.2 Å². The lowest BCUT2D eigenvalue weighted by atomic mass is 9.91. The van der Waals surface area contributed by atoms with Crippen molar-refractivity contribution in [3.05, 3.63) is 12.2 Å². The number of likely N-dealkylation sites (tertiary alicyclic amines) is 1. The quantitative estimate of drug-likeness (QED) is 0.542. The van der Waals surface area contributed by atoms with E-state index in [9.17, 15) is 9.59 Å². The van der Waals surface area contributed by atoms with E-state index >= 15 is 0 Å². The maximum Gasteiger partial charge on any atom is 0.251 e. The molecule has 1 N–H and O–H groups in total. The normalized spacial score (nSPS) is 30.1. The minimum Gasteiger partial charge on any atom is -0.341 e. The van der Waals surface area contributed by atoms with E-state index in [2.05, 4.69) is 5.32 Å². The summed E-state index contributed by atoms with van der Waals surface area (Å²) in [6, 6.07) is 0. The first-order valence-electron chi connectivity index (χ1n) is 5.87. The second-order valence-corrected chi connectivity index (χ2v) is 4.42. The van der Waals surface area contributed by atoms with Gasteiger partial charge in [0.1, 0.15) is 0 Å². The number of hydrogen-bond acceptors (Lipinski definition) is 3. The van der Waals surface area contributed by atoms with Crippen LogP contribution in [0.4, 0.5) is 0 Å². The molecule has 2 heterocycles. The van der Waals surface area contributed by atoms with Crippen molar-refractivity contribution < 1.29 is 9.59 Å². The zero-order valence-electron chi connectivity index (χ0n) is 9.37. The van der Waals surface area contributed by atoms with Gasteiger partial charge in [-0.15, -0.1) is 0 Å². The van der Waals surface area contributed by atoms with Crippen molar-refractivity contribution in [1.82, 2.24) is 10.2 Å². The number of carbonyl (C=O) groups is 1. The van der Waals surface area contributed by atoms with Crippen LogP contribution in [-0.4, -0.2) is 42.3 Å². The van der Waals surface area contributed by atoms with Crippen molar-refractivity contribution in [3.8, 4) is 0 Å². The van der Waals surface area contributed by atoms with Crippen LogP contribution in [0.3, 0.4) is 0 Å². The summed E-state index contributed by atoms with van der Waals surface area (Å²) in [5, 5.41) is 2.98. The number of hydrogen-bond donors (Lipinski definition) is 1. The fourth-order valence-electron chi connectivity index (χ4n) is 2.30.